The number of primary amides is 1. The van der Waals surface area contributed by atoms with Crippen LogP contribution >= 0.6 is 0 Å². The lowest BCUT2D eigenvalue weighted by Crippen LogP contribution is -2.51. The zero-order chi connectivity index (χ0) is 24.0. The molecule has 1 heterocycles. The van der Waals surface area contributed by atoms with Gasteiger partial charge in [0.2, 0.25) is 5.91 Å². The van der Waals surface area contributed by atoms with E-state index in [4.69, 9.17) is 10.5 Å². The van der Waals surface area contributed by atoms with Crippen LogP contribution in [0.5, 0.6) is 5.75 Å². The molecule has 0 bridgehead atoms. The van der Waals surface area contributed by atoms with Crippen LogP contribution in [0, 0.1) is 5.92 Å². The summed E-state index contributed by atoms with van der Waals surface area (Å²) in [5.41, 5.74) is 8.82. The highest BCUT2D eigenvalue weighted by Gasteiger charge is 2.53. The maximum Gasteiger partial charge on any atom is 0.233 e. The molecule has 1 amide bonds. The summed E-state index contributed by atoms with van der Waals surface area (Å²) in [6, 6.07) is 28.7. The van der Waals surface area contributed by atoms with Crippen molar-refractivity contribution < 1.29 is 14.0 Å². The quantitative estimate of drug-likeness (QED) is 0.346. The lowest BCUT2D eigenvalue weighted by atomic mass is 9.64. The van der Waals surface area contributed by atoms with Gasteiger partial charge in [0.1, 0.15) is 11.2 Å². The van der Waals surface area contributed by atoms with Crippen molar-refractivity contribution in [2.45, 2.75) is 31.1 Å². The number of benzene rings is 3. The Balaban J connectivity index is 1.48. The molecule has 4 nitrogen and oxygen atoms in total. The summed E-state index contributed by atoms with van der Waals surface area (Å²) in [6.07, 6.45) is 4.38. The molecular formula is C30H37N2O2+. The molecule has 3 aromatic rings. The number of rotatable bonds is 10. The zero-order valence-electron chi connectivity index (χ0n) is 20.5. The third-order valence-electron chi connectivity index (χ3n) is 7.71. The first kappa shape index (κ1) is 24.0. The van der Waals surface area contributed by atoms with Crippen LogP contribution in [0.15, 0.2) is 84.9 Å². The van der Waals surface area contributed by atoms with Gasteiger partial charge in [-0.1, -0.05) is 72.8 Å². The van der Waals surface area contributed by atoms with Crippen LogP contribution in [0.2, 0.25) is 0 Å². The number of carbonyl (C=O) groups excluding carboxylic acids is 1. The van der Waals surface area contributed by atoms with Crippen LogP contribution in [-0.4, -0.2) is 44.2 Å². The minimum atomic E-state index is -0.804. The summed E-state index contributed by atoms with van der Waals surface area (Å²) < 4.78 is 6.25. The SMILES string of the molecule is COc1ccc(CCCC[N+]2(C)CC[C@@H](C(C(N)=O)(c3ccccc3)c3ccccc3)C2)cc1. The largest absolute Gasteiger partial charge is 0.497 e. The van der Waals surface area contributed by atoms with Crippen molar-refractivity contribution in [3.05, 3.63) is 102 Å². The van der Waals surface area contributed by atoms with Gasteiger partial charge in [-0.05, 0) is 48.1 Å². The van der Waals surface area contributed by atoms with E-state index in [2.05, 4.69) is 43.4 Å². The van der Waals surface area contributed by atoms with Gasteiger partial charge in [0, 0.05) is 12.3 Å². The fourth-order valence-corrected chi connectivity index (χ4v) is 5.88. The van der Waals surface area contributed by atoms with Gasteiger partial charge in [-0.2, -0.15) is 0 Å². The van der Waals surface area contributed by atoms with Gasteiger partial charge < -0.3 is 15.0 Å². The summed E-state index contributed by atoms with van der Waals surface area (Å²) in [6.45, 7) is 3.14. The second-order valence-electron chi connectivity index (χ2n) is 9.94. The lowest BCUT2D eigenvalue weighted by molar-refractivity contribution is -0.899. The average Bonchev–Trinajstić information content (AvgIpc) is 3.26. The molecule has 34 heavy (non-hydrogen) atoms. The van der Waals surface area contributed by atoms with Crippen LogP contribution in [-0.2, 0) is 16.6 Å². The Morgan fingerprint density at radius 1 is 0.941 bits per heavy atom. The molecule has 0 aliphatic carbocycles. The number of nitrogens with zero attached hydrogens (tertiary/aromatic N) is 1. The van der Waals surface area contributed by atoms with E-state index < -0.39 is 5.41 Å². The molecule has 1 aliphatic rings. The van der Waals surface area contributed by atoms with Crippen molar-refractivity contribution >= 4 is 5.91 Å². The topological polar surface area (TPSA) is 52.3 Å². The smallest absolute Gasteiger partial charge is 0.233 e. The van der Waals surface area contributed by atoms with Crippen molar-refractivity contribution in [2.24, 2.45) is 11.7 Å². The minimum absolute atomic E-state index is 0.168. The summed E-state index contributed by atoms with van der Waals surface area (Å²) in [5, 5.41) is 0. The van der Waals surface area contributed by atoms with Crippen molar-refractivity contribution in [2.75, 3.05) is 33.8 Å². The van der Waals surface area contributed by atoms with Gasteiger partial charge in [0.25, 0.3) is 0 Å². The highest BCUT2D eigenvalue weighted by molar-refractivity contribution is 5.91. The third kappa shape index (κ3) is 4.88. The summed E-state index contributed by atoms with van der Waals surface area (Å²) in [5.74, 6) is 0.823. The standard InChI is InChI=1S/C30H36N2O2/c1-32(21-10-9-11-24-16-18-28(34-2)19-17-24)22-20-27(23-32)30(29(31)33,25-12-5-3-6-13-25)26-14-7-4-8-15-26/h3-8,12-19,27H,9-11,20-23H2,1-2H3,(H-,31,33)/p+1/t27-,32?/m1/s1. The van der Waals surface area contributed by atoms with Crippen LogP contribution in [0.4, 0.5) is 0 Å². The van der Waals surface area contributed by atoms with E-state index in [1.807, 2.05) is 48.5 Å². The van der Waals surface area contributed by atoms with Gasteiger partial charge >= 0.3 is 0 Å². The van der Waals surface area contributed by atoms with E-state index in [-0.39, 0.29) is 11.8 Å². The summed E-state index contributed by atoms with van der Waals surface area (Å²) in [4.78, 5) is 13.3. The molecular weight excluding hydrogens is 420 g/mol. The molecule has 3 aromatic carbocycles. The number of ether oxygens (including phenoxy) is 1. The number of aryl methyl sites for hydroxylation is 1. The number of amides is 1. The molecule has 4 rings (SSSR count). The Labute approximate surface area is 204 Å². The lowest BCUT2D eigenvalue weighted by Gasteiger charge is -2.38. The molecule has 1 fully saturated rings. The van der Waals surface area contributed by atoms with Crippen molar-refractivity contribution in [1.29, 1.82) is 0 Å². The normalized spacial score (nSPS) is 20.2. The Bertz CT molecular complexity index is 1030. The van der Waals surface area contributed by atoms with Crippen LogP contribution in [0.25, 0.3) is 0 Å². The van der Waals surface area contributed by atoms with Crippen LogP contribution in [0.1, 0.15) is 36.0 Å². The summed E-state index contributed by atoms with van der Waals surface area (Å²) >= 11 is 0. The molecule has 1 saturated heterocycles. The maximum absolute atomic E-state index is 13.3. The number of quaternary nitrogens is 1. The first-order valence-corrected chi connectivity index (χ1v) is 12.4. The average molecular weight is 458 g/mol. The van der Waals surface area contributed by atoms with Crippen molar-refractivity contribution in [3.63, 3.8) is 0 Å². The van der Waals surface area contributed by atoms with Gasteiger partial charge in [0.05, 0.1) is 33.8 Å². The molecule has 1 aliphatic heterocycles. The molecule has 0 aromatic heterocycles. The van der Waals surface area contributed by atoms with Gasteiger partial charge in [-0.3, -0.25) is 4.79 Å². The number of unbranched alkanes of at least 4 members (excludes halogenated alkanes) is 1. The van der Waals surface area contributed by atoms with E-state index in [1.165, 1.54) is 5.56 Å². The van der Waals surface area contributed by atoms with Crippen LogP contribution < -0.4 is 10.5 Å². The first-order chi connectivity index (χ1) is 16.5. The Morgan fingerprint density at radius 3 is 2.06 bits per heavy atom. The van der Waals surface area contributed by atoms with Crippen LogP contribution in [0.3, 0.4) is 0 Å². The number of nitrogens with two attached hydrogens (primary N) is 1. The fourth-order valence-electron chi connectivity index (χ4n) is 5.88. The van der Waals surface area contributed by atoms with Gasteiger partial charge in [0.15, 0.2) is 0 Å². The van der Waals surface area contributed by atoms with E-state index in [1.54, 1.807) is 7.11 Å². The monoisotopic (exact) mass is 457 g/mol. The van der Waals surface area contributed by atoms with Gasteiger partial charge in [-0.15, -0.1) is 0 Å². The first-order valence-electron chi connectivity index (χ1n) is 12.4. The summed E-state index contributed by atoms with van der Waals surface area (Å²) in [7, 11) is 4.04. The predicted molar refractivity (Wildman–Crippen MR) is 138 cm³/mol. The molecule has 0 spiro atoms. The minimum Gasteiger partial charge on any atom is -0.497 e. The van der Waals surface area contributed by atoms with E-state index in [0.717, 1.165) is 66.7 Å². The molecule has 2 atom stereocenters. The van der Waals surface area contributed by atoms with E-state index in [0.29, 0.717) is 0 Å². The number of hydrogen-bond acceptors (Lipinski definition) is 2. The third-order valence-corrected chi connectivity index (χ3v) is 7.71. The number of likely N-dealkylation sites (tertiary alicyclic amines) is 1. The molecule has 1 unspecified atom stereocenters. The maximum atomic E-state index is 13.3. The second-order valence-corrected chi connectivity index (χ2v) is 9.94. The second kappa shape index (κ2) is 10.4. The Kier molecular flexibility index (Phi) is 7.38. The highest BCUT2D eigenvalue weighted by atomic mass is 16.5. The molecule has 4 heteroatoms. The van der Waals surface area contributed by atoms with E-state index in [9.17, 15) is 4.79 Å². The molecule has 0 radical (unpaired) electrons. The molecule has 178 valence electrons. The van der Waals surface area contributed by atoms with Crippen molar-refractivity contribution in [3.8, 4) is 5.75 Å². The molecule has 2 N–H and O–H groups in total. The van der Waals surface area contributed by atoms with E-state index >= 15 is 0 Å². The van der Waals surface area contributed by atoms with Gasteiger partial charge in [-0.25, -0.2) is 0 Å². The Morgan fingerprint density at radius 2 is 1.53 bits per heavy atom. The number of hydrogen-bond donors (Lipinski definition) is 1. The Hall–Kier alpha value is -3.11. The fraction of sp³-hybridized carbons (Fsp3) is 0.367. The highest BCUT2D eigenvalue weighted by Crippen LogP contribution is 2.45. The predicted octanol–water partition coefficient (Wildman–Crippen LogP) is 4.96. The zero-order valence-corrected chi connectivity index (χ0v) is 20.5. The molecule has 0 saturated carbocycles. The number of methoxy groups -OCH3 is 1. The van der Waals surface area contributed by atoms with Crippen molar-refractivity contribution in [1.82, 2.24) is 0 Å². The number of carbonyl (C=O) groups is 1.